The molecule has 2 N–H and O–H groups in total. The van der Waals surface area contributed by atoms with Gasteiger partial charge >= 0.3 is 5.97 Å². The minimum Gasteiger partial charge on any atom is -0.454 e. The molecule has 5 nitrogen and oxygen atoms in total. The molecule has 0 aromatic heterocycles. The number of ether oxygens (including phenoxy) is 1. The molecular formula is C22H41NO4. The van der Waals surface area contributed by atoms with E-state index < -0.39 is 12.6 Å². The van der Waals surface area contributed by atoms with E-state index in [2.05, 4.69) is 29.1 Å². The molecule has 0 bridgehead atoms. The Labute approximate surface area is 165 Å². The fourth-order valence-corrected chi connectivity index (χ4v) is 2.84. The summed E-state index contributed by atoms with van der Waals surface area (Å²) in [6.07, 6.45) is 22.3. The molecule has 0 fully saturated rings. The number of aliphatic hydroxyl groups is 1. The molecule has 0 unspecified atom stereocenters. The number of carbonyl (C=O) groups excluding carboxylic acids is 2. The number of nitrogens with one attached hydrogen (secondary N) is 1. The maximum absolute atomic E-state index is 11.3. The number of rotatable bonds is 19. The quantitative estimate of drug-likeness (QED) is 0.193. The van der Waals surface area contributed by atoms with Crippen LogP contribution in [0, 0.1) is 0 Å². The maximum Gasteiger partial charge on any atom is 0.332 e. The Morgan fingerprint density at radius 2 is 1.33 bits per heavy atom. The normalized spacial score (nSPS) is 11.0. The lowest BCUT2D eigenvalue weighted by atomic mass is 10.1. The van der Waals surface area contributed by atoms with Gasteiger partial charge in [0.2, 0.25) is 0 Å². The van der Waals surface area contributed by atoms with Crippen LogP contribution in [0.25, 0.3) is 0 Å². The third-order valence-electron chi connectivity index (χ3n) is 4.50. The Morgan fingerprint density at radius 1 is 0.815 bits per heavy atom. The second kappa shape index (κ2) is 20.9. The van der Waals surface area contributed by atoms with Crippen LogP contribution in [0.2, 0.25) is 0 Å². The summed E-state index contributed by atoms with van der Waals surface area (Å²) in [7, 11) is 0. The first-order valence-corrected chi connectivity index (χ1v) is 10.9. The topological polar surface area (TPSA) is 75.6 Å². The van der Waals surface area contributed by atoms with E-state index in [0.29, 0.717) is 6.54 Å². The van der Waals surface area contributed by atoms with Crippen molar-refractivity contribution >= 4 is 11.9 Å². The number of hydrogen-bond donors (Lipinski definition) is 2. The summed E-state index contributed by atoms with van der Waals surface area (Å²) >= 11 is 0. The van der Waals surface area contributed by atoms with Crippen molar-refractivity contribution in [1.29, 1.82) is 0 Å². The first-order chi connectivity index (χ1) is 13.2. The molecule has 158 valence electrons. The summed E-state index contributed by atoms with van der Waals surface area (Å²) in [4.78, 5) is 22.0. The van der Waals surface area contributed by atoms with E-state index in [4.69, 9.17) is 5.11 Å². The van der Waals surface area contributed by atoms with Crippen LogP contribution in [0.5, 0.6) is 0 Å². The maximum atomic E-state index is 11.3. The summed E-state index contributed by atoms with van der Waals surface area (Å²) in [5.74, 6) is -1.09. The highest BCUT2D eigenvalue weighted by atomic mass is 16.5. The number of unbranched alkanes of at least 4 members (excludes halogenated alkanes) is 12. The Kier molecular flexibility index (Phi) is 19.9. The van der Waals surface area contributed by atoms with Crippen molar-refractivity contribution in [2.24, 2.45) is 0 Å². The number of hydrogen-bond acceptors (Lipinski definition) is 4. The van der Waals surface area contributed by atoms with Crippen LogP contribution in [0.1, 0.15) is 96.8 Å². The van der Waals surface area contributed by atoms with E-state index in [1.807, 2.05) is 0 Å². The Hall–Kier alpha value is -1.36. The molecule has 0 radical (unpaired) electrons. The van der Waals surface area contributed by atoms with Gasteiger partial charge in [0.05, 0.1) is 0 Å². The molecular weight excluding hydrogens is 342 g/mol. The van der Waals surface area contributed by atoms with Crippen LogP contribution in [0.15, 0.2) is 12.2 Å². The lowest BCUT2D eigenvalue weighted by Gasteiger charge is -2.05. The van der Waals surface area contributed by atoms with Gasteiger partial charge in [0.25, 0.3) is 5.91 Å². The van der Waals surface area contributed by atoms with Crippen LogP contribution in [0.4, 0.5) is 0 Å². The van der Waals surface area contributed by atoms with Crippen molar-refractivity contribution in [2.45, 2.75) is 96.8 Å². The zero-order valence-corrected chi connectivity index (χ0v) is 17.3. The Bertz CT molecular complexity index is 383. The molecule has 0 aliphatic rings. The molecule has 5 heteroatoms. The zero-order valence-electron chi connectivity index (χ0n) is 17.3. The number of allylic oxidation sites excluding steroid dienone is 2. The fraction of sp³-hybridized carbons (Fsp3) is 0.818. The fourth-order valence-electron chi connectivity index (χ4n) is 2.84. The largest absolute Gasteiger partial charge is 0.454 e. The molecule has 27 heavy (non-hydrogen) atoms. The number of esters is 1. The SMILES string of the molecule is CCCCCCCC/C=C\CCCCCCCCNC(=O)COC(=O)CO. The van der Waals surface area contributed by atoms with Crippen molar-refractivity contribution in [3.8, 4) is 0 Å². The summed E-state index contributed by atoms with van der Waals surface area (Å²) in [5.41, 5.74) is 0. The van der Waals surface area contributed by atoms with Crippen molar-refractivity contribution in [3.63, 3.8) is 0 Å². The second-order valence-corrected chi connectivity index (χ2v) is 7.11. The average molecular weight is 384 g/mol. The molecule has 0 aliphatic carbocycles. The van der Waals surface area contributed by atoms with Crippen molar-refractivity contribution in [1.82, 2.24) is 5.32 Å². The molecule has 0 spiro atoms. The summed E-state index contributed by atoms with van der Waals surface area (Å²) in [6, 6.07) is 0. The predicted octanol–water partition coefficient (Wildman–Crippen LogP) is 4.68. The number of amides is 1. The van der Waals surface area contributed by atoms with E-state index >= 15 is 0 Å². The monoisotopic (exact) mass is 383 g/mol. The van der Waals surface area contributed by atoms with Gasteiger partial charge in [-0.2, -0.15) is 0 Å². The van der Waals surface area contributed by atoms with Gasteiger partial charge in [0, 0.05) is 6.54 Å². The number of aliphatic hydroxyl groups excluding tert-OH is 1. The van der Waals surface area contributed by atoms with E-state index in [1.165, 1.54) is 77.0 Å². The van der Waals surface area contributed by atoms with E-state index in [0.717, 1.165) is 12.8 Å². The van der Waals surface area contributed by atoms with Crippen molar-refractivity contribution in [3.05, 3.63) is 12.2 Å². The summed E-state index contributed by atoms with van der Waals surface area (Å²) in [6.45, 7) is 1.86. The Balaban J connectivity index is 3.21. The van der Waals surface area contributed by atoms with E-state index in [9.17, 15) is 9.59 Å². The number of carbonyl (C=O) groups is 2. The van der Waals surface area contributed by atoms with Gasteiger partial charge in [0.1, 0.15) is 6.61 Å². The molecule has 0 rings (SSSR count). The highest BCUT2D eigenvalue weighted by Crippen LogP contribution is 2.09. The molecule has 0 saturated carbocycles. The van der Waals surface area contributed by atoms with Gasteiger partial charge in [-0.05, 0) is 32.1 Å². The second-order valence-electron chi connectivity index (χ2n) is 7.11. The first kappa shape index (κ1) is 25.6. The van der Waals surface area contributed by atoms with Gasteiger partial charge < -0.3 is 15.2 Å². The minimum absolute atomic E-state index is 0.314. The molecule has 0 aromatic carbocycles. The molecule has 0 heterocycles. The molecule has 0 atom stereocenters. The molecule has 1 amide bonds. The van der Waals surface area contributed by atoms with Gasteiger partial charge in [0.15, 0.2) is 6.61 Å². The zero-order chi connectivity index (χ0) is 20.0. The molecule has 0 aromatic rings. The summed E-state index contributed by atoms with van der Waals surface area (Å²) < 4.78 is 4.53. The van der Waals surface area contributed by atoms with E-state index in [-0.39, 0.29) is 12.5 Å². The van der Waals surface area contributed by atoms with Gasteiger partial charge in [-0.15, -0.1) is 0 Å². The van der Waals surface area contributed by atoms with Gasteiger partial charge in [-0.3, -0.25) is 4.79 Å². The van der Waals surface area contributed by atoms with Crippen LogP contribution in [-0.4, -0.2) is 36.7 Å². The van der Waals surface area contributed by atoms with Crippen LogP contribution < -0.4 is 5.32 Å². The molecule has 0 aliphatic heterocycles. The highest BCUT2D eigenvalue weighted by Gasteiger charge is 2.05. The van der Waals surface area contributed by atoms with Crippen molar-refractivity contribution in [2.75, 3.05) is 19.8 Å². The van der Waals surface area contributed by atoms with E-state index in [1.54, 1.807) is 0 Å². The van der Waals surface area contributed by atoms with Crippen molar-refractivity contribution < 1.29 is 19.4 Å². The predicted molar refractivity (Wildman–Crippen MR) is 111 cm³/mol. The average Bonchev–Trinajstić information content (AvgIpc) is 2.68. The first-order valence-electron chi connectivity index (χ1n) is 10.9. The standard InChI is InChI=1S/C22H41NO4/c1-2-3-4-5-6-7-8-9-10-11-12-13-14-15-16-17-18-23-21(25)20-27-22(26)19-24/h9-10,24H,2-8,11-20H2,1H3,(H,23,25)/b10-9-. The smallest absolute Gasteiger partial charge is 0.332 e. The van der Waals surface area contributed by atoms with Crippen LogP contribution in [0.3, 0.4) is 0 Å². The lowest BCUT2D eigenvalue weighted by Crippen LogP contribution is -2.30. The summed E-state index contributed by atoms with van der Waals surface area (Å²) in [5, 5.41) is 11.2. The highest BCUT2D eigenvalue weighted by molar-refractivity contribution is 5.80. The minimum atomic E-state index is -0.776. The third kappa shape index (κ3) is 20.8. The third-order valence-corrected chi connectivity index (χ3v) is 4.50. The molecule has 0 saturated heterocycles. The lowest BCUT2D eigenvalue weighted by molar-refractivity contribution is -0.151. The van der Waals surface area contributed by atoms with Gasteiger partial charge in [-0.25, -0.2) is 4.79 Å². The Morgan fingerprint density at radius 3 is 1.89 bits per heavy atom. The van der Waals surface area contributed by atoms with Crippen LogP contribution in [-0.2, 0) is 14.3 Å². The van der Waals surface area contributed by atoms with Gasteiger partial charge in [-0.1, -0.05) is 76.9 Å². The van der Waals surface area contributed by atoms with Crippen LogP contribution >= 0.6 is 0 Å².